The molecule has 112 valence electrons. The number of para-hydroxylation sites is 1. The molecule has 0 unspecified atom stereocenters. The van der Waals surface area contributed by atoms with Gasteiger partial charge in [-0.05, 0) is 35.7 Å². The van der Waals surface area contributed by atoms with E-state index in [4.69, 9.17) is 0 Å². The van der Waals surface area contributed by atoms with Gasteiger partial charge in [-0.15, -0.1) is 0 Å². The van der Waals surface area contributed by atoms with Crippen molar-refractivity contribution in [1.82, 2.24) is 0 Å². The third kappa shape index (κ3) is 3.55. The summed E-state index contributed by atoms with van der Waals surface area (Å²) in [5, 5.41) is 2.89. The molecule has 4 nitrogen and oxygen atoms in total. The maximum Gasteiger partial charge on any atom is 0.263 e. The lowest BCUT2D eigenvalue weighted by atomic mass is 10.0. The highest BCUT2D eigenvalue weighted by Crippen LogP contribution is 2.24. The van der Waals surface area contributed by atoms with E-state index in [1.165, 1.54) is 5.56 Å². The number of benzene rings is 2. The molecule has 0 fully saturated rings. The summed E-state index contributed by atoms with van der Waals surface area (Å²) in [4.78, 5) is 0.237. The van der Waals surface area contributed by atoms with Crippen molar-refractivity contribution >= 4 is 21.4 Å². The molecular weight excluding hydrogens is 284 g/mol. The largest absolute Gasteiger partial charge is 0.387 e. The van der Waals surface area contributed by atoms with E-state index in [-0.39, 0.29) is 4.90 Å². The average molecular weight is 304 g/mol. The fraction of sp³-hybridized carbons (Fsp3) is 0.250. The highest BCUT2D eigenvalue weighted by atomic mass is 32.2. The third-order valence-corrected chi connectivity index (χ3v) is 4.71. The average Bonchev–Trinajstić information content (AvgIpc) is 2.47. The van der Waals surface area contributed by atoms with Crippen molar-refractivity contribution in [3.63, 3.8) is 0 Å². The zero-order valence-corrected chi connectivity index (χ0v) is 13.2. The monoisotopic (exact) mass is 304 g/mol. The van der Waals surface area contributed by atoms with Crippen LogP contribution in [0.1, 0.15) is 25.3 Å². The Kier molecular flexibility index (Phi) is 4.53. The molecule has 0 saturated heterocycles. The SMILES string of the molecule is CNc1ccccc1S(=O)(=O)Nc1ccc(C(C)C)cc1. The predicted octanol–water partition coefficient (Wildman–Crippen LogP) is 3.65. The molecule has 0 aromatic heterocycles. The molecule has 0 amide bonds. The van der Waals surface area contributed by atoms with Crippen LogP contribution in [0.5, 0.6) is 0 Å². The van der Waals surface area contributed by atoms with Gasteiger partial charge < -0.3 is 5.32 Å². The summed E-state index contributed by atoms with van der Waals surface area (Å²) in [7, 11) is -1.90. The van der Waals surface area contributed by atoms with Crippen molar-refractivity contribution in [3.05, 3.63) is 54.1 Å². The molecule has 0 heterocycles. The second-order valence-corrected chi connectivity index (χ2v) is 6.78. The molecule has 0 spiro atoms. The molecule has 0 saturated carbocycles. The topological polar surface area (TPSA) is 58.2 Å². The van der Waals surface area contributed by atoms with E-state index in [9.17, 15) is 8.42 Å². The smallest absolute Gasteiger partial charge is 0.263 e. The fourth-order valence-corrected chi connectivity index (χ4v) is 3.33. The minimum Gasteiger partial charge on any atom is -0.387 e. The van der Waals surface area contributed by atoms with Gasteiger partial charge in [0.05, 0.1) is 5.69 Å². The summed E-state index contributed by atoms with van der Waals surface area (Å²) in [6.07, 6.45) is 0. The van der Waals surface area contributed by atoms with Gasteiger partial charge in [-0.3, -0.25) is 4.72 Å². The number of anilines is 2. The third-order valence-electron chi connectivity index (χ3n) is 3.28. The van der Waals surface area contributed by atoms with Gasteiger partial charge in [0.15, 0.2) is 0 Å². The van der Waals surface area contributed by atoms with Crippen LogP contribution in [-0.2, 0) is 10.0 Å². The summed E-state index contributed by atoms with van der Waals surface area (Å²) >= 11 is 0. The normalized spacial score (nSPS) is 11.4. The van der Waals surface area contributed by atoms with Crippen molar-refractivity contribution in [2.45, 2.75) is 24.7 Å². The predicted molar refractivity (Wildman–Crippen MR) is 87.3 cm³/mol. The van der Waals surface area contributed by atoms with Crippen LogP contribution in [0.2, 0.25) is 0 Å². The Morgan fingerprint density at radius 3 is 2.14 bits per heavy atom. The zero-order valence-electron chi connectivity index (χ0n) is 12.4. The van der Waals surface area contributed by atoms with E-state index in [1.807, 2.05) is 12.1 Å². The van der Waals surface area contributed by atoms with Gasteiger partial charge in [-0.2, -0.15) is 0 Å². The van der Waals surface area contributed by atoms with Crippen LogP contribution in [0, 0.1) is 0 Å². The van der Waals surface area contributed by atoms with E-state index >= 15 is 0 Å². The number of hydrogen-bond acceptors (Lipinski definition) is 3. The molecule has 2 aromatic rings. The van der Waals surface area contributed by atoms with Crippen LogP contribution in [0.15, 0.2) is 53.4 Å². The van der Waals surface area contributed by atoms with Crippen LogP contribution in [0.3, 0.4) is 0 Å². The first-order valence-electron chi connectivity index (χ1n) is 6.83. The lowest BCUT2D eigenvalue weighted by Crippen LogP contribution is -2.14. The Morgan fingerprint density at radius 1 is 0.952 bits per heavy atom. The van der Waals surface area contributed by atoms with Gasteiger partial charge in [-0.25, -0.2) is 8.42 Å². The molecule has 21 heavy (non-hydrogen) atoms. The summed E-state index contributed by atoms with van der Waals surface area (Å²) in [6.45, 7) is 4.20. The molecule has 5 heteroatoms. The molecule has 0 aliphatic rings. The molecule has 0 radical (unpaired) electrons. The fourth-order valence-electron chi connectivity index (χ4n) is 2.05. The summed E-state index contributed by atoms with van der Waals surface area (Å²) in [6, 6.07) is 14.3. The van der Waals surface area contributed by atoms with Crippen molar-refractivity contribution in [3.8, 4) is 0 Å². The number of hydrogen-bond donors (Lipinski definition) is 2. The summed E-state index contributed by atoms with van der Waals surface area (Å²) in [5.41, 5.74) is 2.31. The lowest BCUT2D eigenvalue weighted by Gasteiger charge is -2.12. The Morgan fingerprint density at radius 2 is 1.57 bits per heavy atom. The van der Waals surface area contributed by atoms with Crippen molar-refractivity contribution in [2.75, 3.05) is 17.1 Å². The maximum absolute atomic E-state index is 12.4. The standard InChI is InChI=1S/C16H20N2O2S/c1-12(2)13-8-10-14(11-9-13)18-21(19,20)16-7-5-4-6-15(16)17-3/h4-12,17-18H,1-3H3. The van der Waals surface area contributed by atoms with Gasteiger partial charge in [0.2, 0.25) is 0 Å². The van der Waals surface area contributed by atoms with Gasteiger partial charge >= 0.3 is 0 Å². The Labute approximate surface area is 126 Å². The second-order valence-electron chi connectivity index (χ2n) is 5.13. The number of rotatable bonds is 5. The Bertz CT molecular complexity index is 707. The lowest BCUT2D eigenvalue weighted by molar-refractivity contribution is 0.601. The van der Waals surface area contributed by atoms with E-state index in [1.54, 1.807) is 43.4 Å². The second kappa shape index (κ2) is 6.18. The number of nitrogens with one attached hydrogen (secondary N) is 2. The summed E-state index contributed by atoms with van der Waals surface area (Å²) < 4.78 is 27.5. The molecule has 0 atom stereocenters. The maximum atomic E-state index is 12.4. The molecule has 2 aromatic carbocycles. The number of sulfonamides is 1. The summed E-state index contributed by atoms with van der Waals surface area (Å²) in [5.74, 6) is 0.417. The Hall–Kier alpha value is -2.01. The first-order chi connectivity index (χ1) is 9.94. The van der Waals surface area contributed by atoms with Gasteiger partial charge in [-0.1, -0.05) is 38.1 Å². The van der Waals surface area contributed by atoms with E-state index < -0.39 is 10.0 Å². The van der Waals surface area contributed by atoms with E-state index in [0.29, 0.717) is 17.3 Å². The molecule has 0 bridgehead atoms. The molecule has 0 aliphatic heterocycles. The van der Waals surface area contributed by atoms with Crippen LogP contribution >= 0.6 is 0 Å². The van der Waals surface area contributed by atoms with E-state index in [0.717, 1.165) is 0 Å². The van der Waals surface area contributed by atoms with Crippen molar-refractivity contribution in [2.24, 2.45) is 0 Å². The van der Waals surface area contributed by atoms with Crippen LogP contribution in [0.25, 0.3) is 0 Å². The first kappa shape index (κ1) is 15.4. The molecule has 2 rings (SSSR count). The molecule has 2 N–H and O–H groups in total. The highest BCUT2D eigenvalue weighted by Gasteiger charge is 2.17. The first-order valence-corrected chi connectivity index (χ1v) is 8.32. The Balaban J connectivity index is 2.29. The minimum absolute atomic E-state index is 0.237. The van der Waals surface area contributed by atoms with Crippen LogP contribution in [-0.4, -0.2) is 15.5 Å². The van der Waals surface area contributed by atoms with Gasteiger partial charge in [0.1, 0.15) is 4.90 Å². The quantitative estimate of drug-likeness (QED) is 0.886. The van der Waals surface area contributed by atoms with Crippen molar-refractivity contribution in [1.29, 1.82) is 0 Å². The van der Waals surface area contributed by atoms with Crippen LogP contribution in [0.4, 0.5) is 11.4 Å². The van der Waals surface area contributed by atoms with Crippen molar-refractivity contribution < 1.29 is 8.42 Å². The molecular formula is C16H20N2O2S. The zero-order chi connectivity index (χ0) is 15.5. The highest BCUT2D eigenvalue weighted by molar-refractivity contribution is 7.92. The van der Waals surface area contributed by atoms with Gasteiger partial charge in [0, 0.05) is 12.7 Å². The van der Waals surface area contributed by atoms with E-state index in [2.05, 4.69) is 23.9 Å². The van der Waals surface area contributed by atoms with Crippen LogP contribution < -0.4 is 10.0 Å². The van der Waals surface area contributed by atoms with Gasteiger partial charge in [0.25, 0.3) is 10.0 Å². The minimum atomic E-state index is -3.60. The molecule has 0 aliphatic carbocycles.